The molecule has 5 nitrogen and oxygen atoms in total. The van der Waals surface area contributed by atoms with E-state index in [1.54, 1.807) is 17.3 Å². The van der Waals surface area contributed by atoms with Crippen molar-refractivity contribution in [3.63, 3.8) is 0 Å². The largest absolute Gasteiger partial charge is 0.339 e. The molecule has 2 amide bonds. The van der Waals surface area contributed by atoms with Gasteiger partial charge in [-0.25, -0.2) is 0 Å². The third-order valence-corrected chi connectivity index (χ3v) is 6.17. The van der Waals surface area contributed by atoms with Crippen molar-refractivity contribution in [1.82, 2.24) is 14.8 Å². The van der Waals surface area contributed by atoms with E-state index in [1.165, 1.54) is 0 Å². The summed E-state index contributed by atoms with van der Waals surface area (Å²) >= 11 is 0. The van der Waals surface area contributed by atoms with Crippen LogP contribution in [0.2, 0.25) is 0 Å². The van der Waals surface area contributed by atoms with E-state index in [4.69, 9.17) is 0 Å². The number of amides is 2. The van der Waals surface area contributed by atoms with E-state index in [0.29, 0.717) is 18.7 Å². The average molecular weight is 402 g/mol. The van der Waals surface area contributed by atoms with Crippen LogP contribution in [0.25, 0.3) is 10.8 Å². The number of hydrogen-bond donors (Lipinski definition) is 0. The van der Waals surface area contributed by atoms with Crippen molar-refractivity contribution >= 4 is 22.6 Å². The Hall–Kier alpha value is -3.21. The fourth-order valence-electron chi connectivity index (χ4n) is 4.27. The number of pyridine rings is 1. The summed E-state index contributed by atoms with van der Waals surface area (Å²) in [5.41, 5.74) is 1.71. The van der Waals surface area contributed by atoms with E-state index in [1.807, 2.05) is 73.5 Å². The summed E-state index contributed by atoms with van der Waals surface area (Å²) in [5, 5.41) is 2.01. The van der Waals surface area contributed by atoms with Crippen LogP contribution in [0.4, 0.5) is 0 Å². The van der Waals surface area contributed by atoms with E-state index < -0.39 is 0 Å². The van der Waals surface area contributed by atoms with E-state index in [-0.39, 0.29) is 23.8 Å². The minimum absolute atomic E-state index is 0.00672. The summed E-state index contributed by atoms with van der Waals surface area (Å²) in [6, 6.07) is 17.6. The number of fused-ring (bicyclic) bond motifs is 1. The molecule has 2 unspecified atom stereocenters. The number of likely N-dealkylation sites (tertiary alicyclic amines) is 1. The van der Waals surface area contributed by atoms with E-state index in [0.717, 1.165) is 29.2 Å². The second kappa shape index (κ2) is 8.66. The minimum atomic E-state index is -0.179. The molecule has 0 spiro atoms. The Bertz CT molecular complexity index is 1050. The maximum absolute atomic E-state index is 13.3. The first-order valence-electron chi connectivity index (χ1n) is 10.5. The SMILES string of the molecule is CC(c1cccnc1)N(C)C(=O)C1CCCN(C(=O)c2cccc3ccccc23)C1. The summed E-state index contributed by atoms with van der Waals surface area (Å²) in [6.07, 6.45) is 5.17. The molecule has 2 aromatic carbocycles. The standard InChI is InChI=1S/C25H27N3O2/c1-18(20-10-6-14-26-16-20)27(2)24(29)21-11-7-15-28(17-21)25(30)23-13-5-9-19-8-3-4-12-22(19)23/h3-6,8-10,12-14,16,18,21H,7,11,15,17H2,1-2H3. The molecule has 1 fully saturated rings. The zero-order chi connectivity index (χ0) is 21.1. The van der Waals surface area contributed by atoms with Gasteiger partial charge in [0.1, 0.15) is 0 Å². The smallest absolute Gasteiger partial charge is 0.254 e. The Kier molecular flexibility index (Phi) is 5.79. The van der Waals surface area contributed by atoms with Crippen LogP contribution in [0.5, 0.6) is 0 Å². The van der Waals surface area contributed by atoms with Gasteiger partial charge in [-0.1, -0.05) is 42.5 Å². The molecule has 30 heavy (non-hydrogen) atoms. The van der Waals surface area contributed by atoms with Crippen LogP contribution in [0.1, 0.15) is 41.7 Å². The molecule has 1 aliphatic heterocycles. The van der Waals surface area contributed by atoms with Crippen molar-refractivity contribution in [2.45, 2.75) is 25.8 Å². The molecule has 0 bridgehead atoms. The highest BCUT2D eigenvalue weighted by atomic mass is 16.2. The number of piperidine rings is 1. The second-order valence-corrected chi connectivity index (χ2v) is 8.03. The zero-order valence-corrected chi connectivity index (χ0v) is 17.5. The maximum Gasteiger partial charge on any atom is 0.254 e. The molecule has 0 N–H and O–H groups in total. The summed E-state index contributed by atoms with van der Waals surface area (Å²) in [4.78, 5) is 34.3. The Labute approximate surface area is 177 Å². The molecule has 1 saturated heterocycles. The normalized spacial score (nSPS) is 17.5. The van der Waals surface area contributed by atoms with E-state index in [2.05, 4.69) is 4.98 Å². The molecule has 0 aliphatic carbocycles. The Morgan fingerprint density at radius 2 is 1.90 bits per heavy atom. The van der Waals surface area contributed by atoms with Crippen LogP contribution in [-0.2, 0) is 4.79 Å². The monoisotopic (exact) mass is 401 g/mol. The highest BCUT2D eigenvalue weighted by molar-refractivity contribution is 6.07. The van der Waals surface area contributed by atoms with E-state index >= 15 is 0 Å². The first-order chi connectivity index (χ1) is 14.6. The van der Waals surface area contributed by atoms with Crippen LogP contribution >= 0.6 is 0 Å². The average Bonchev–Trinajstić information content (AvgIpc) is 2.82. The Morgan fingerprint density at radius 3 is 2.70 bits per heavy atom. The van der Waals surface area contributed by atoms with Gasteiger partial charge in [-0.2, -0.15) is 0 Å². The summed E-state index contributed by atoms with van der Waals surface area (Å²) in [6.45, 7) is 3.16. The van der Waals surface area contributed by atoms with Gasteiger partial charge in [0.2, 0.25) is 5.91 Å². The zero-order valence-electron chi connectivity index (χ0n) is 17.5. The highest BCUT2D eigenvalue weighted by Crippen LogP contribution is 2.26. The number of rotatable bonds is 4. The fourth-order valence-corrected chi connectivity index (χ4v) is 4.27. The van der Waals surface area contributed by atoms with Gasteiger partial charge in [-0.05, 0) is 48.2 Å². The number of aromatic nitrogens is 1. The van der Waals surface area contributed by atoms with Crippen LogP contribution in [0.3, 0.4) is 0 Å². The number of hydrogen-bond acceptors (Lipinski definition) is 3. The highest BCUT2D eigenvalue weighted by Gasteiger charge is 2.32. The lowest BCUT2D eigenvalue weighted by Crippen LogP contribution is -2.46. The summed E-state index contributed by atoms with van der Waals surface area (Å²) in [7, 11) is 1.84. The first kappa shape index (κ1) is 20.1. The predicted molar refractivity (Wildman–Crippen MR) is 118 cm³/mol. The first-order valence-corrected chi connectivity index (χ1v) is 10.5. The molecule has 154 valence electrons. The van der Waals surface area contributed by atoms with Crippen molar-refractivity contribution in [1.29, 1.82) is 0 Å². The molecule has 0 saturated carbocycles. The van der Waals surface area contributed by atoms with Gasteiger partial charge in [0.15, 0.2) is 0 Å². The lowest BCUT2D eigenvalue weighted by atomic mass is 9.94. The van der Waals surface area contributed by atoms with Gasteiger partial charge >= 0.3 is 0 Å². The van der Waals surface area contributed by atoms with Gasteiger partial charge in [0.05, 0.1) is 12.0 Å². The topological polar surface area (TPSA) is 53.5 Å². The fraction of sp³-hybridized carbons (Fsp3) is 0.320. The molecule has 2 atom stereocenters. The predicted octanol–water partition coefficient (Wildman–Crippen LogP) is 4.31. The maximum atomic E-state index is 13.3. The van der Waals surface area contributed by atoms with Gasteiger partial charge in [0.25, 0.3) is 5.91 Å². The molecule has 1 aromatic heterocycles. The van der Waals surface area contributed by atoms with Gasteiger partial charge in [-0.15, -0.1) is 0 Å². The van der Waals surface area contributed by atoms with Gasteiger partial charge < -0.3 is 9.80 Å². The van der Waals surface area contributed by atoms with Crippen molar-refractivity contribution < 1.29 is 9.59 Å². The molecule has 5 heteroatoms. The number of carbonyl (C=O) groups excluding carboxylic acids is 2. The molecule has 0 radical (unpaired) electrons. The molecule has 3 aromatic rings. The van der Waals surface area contributed by atoms with Crippen LogP contribution in [0, 0.1) is 5.92 Å². The lowest BCUT2D eigenvalue weighted by Gasteiger charge is -2.36. The molecule has 1 aliphatic rings. The van der Waals surface area contributed by atoms with Crippen molar-refractivity contribution in [3.05, 3.63) is 78.1 Å². The third kappa shape index (κ3) is 3.92. The van der Waals surface area contributed by atoms with Crippen LogP contribution in [-0.4, -0.2) is 46.7 Å². The van der Waals surface area contributed by atoms with Crippen LogP contribution in [0.15, 0.2) is 67.0 Å². The number of benzene rings is 2. The van der Waals surface area contributed by atoms with Crippen molar-refractivity contribution in [3.8, 4) is 0 Å². The van der Waals surface area contributed by atoms with Crippen molar-refractivity contribution in [2.75, 3.05) is 20.1 Å². The second-order valence-electron chi connectivity index (χ2n) is 8.03. The molecule has 4 rings (SSSR count). The quantitative estimate of drug-likeness (QED) is 0.655. The molecular formula is C25H27N3O2. The summed E-state index contributed by atoms with van der Waals surface area (Å²) in [5.74, 6) is -0.0872. The Morgan fingerprint density at radius 1 is 1.10 bits per heavy atom. The third-order valence-electron chi connectivity index (χ3n) is 6.17. The molecule has 2 heterocycles. The lowest BCUT2D eigenvalue weighted by molar-refractivity contribution is -0.137. The van der Waals surface area contributed by atoms with E-state index in [9.17, 15) is 9.59 Å². The van der Waals surface area contributed by atoms with Crippen molar-refractivity contribution in [2.24, 2.45) is 5.92 Å². The number of nitrogens with zero attached hydrogens (tertiary/aromatic N) is 3. The Balaban J connectivity index is 1.50. The van der Waals surface area contributed by atoms with Gasteiger partial charge in [0, 0.05) is 38.1 Å². The van der Waals surface area contributed by atoms with Gasteiger partial charge in [-0.3, -0.25) is 14.6 Å². The van der Waals surface area contributed by atoms with Crippen LogP contribution < -0.4 is 0 Å². The molecular weight excluding hydrogens is 374 g/mol. The summed E-state index contributed by atoms with van der Waals surface area (Å²) < 4.78 is 0. The number of carbonyl (C=O) groups is 2. The minimum Gasteiger partial charge on any atom is -0.339 e.